The molecule has 1 aromatic heterocycles. The maximum atomic E-state index is 12.7. The third kappa shape index (κ3) is 5.94. The molecule has 1 aromatic carbocycles. The zero-order valence-corrected chi connectivity index (χ0v) is 13.0. The number of nitrogens with zero attached hydrogens (tertiary/aromatic N) is 2. The van der Waals surface area contributed by atoms with Crippen LogP contribution in [0.2, 0.25) is 0 Å². The van der Waals surface area contributed by atoms with E-state index in [1.54, 1.807) is 36.7 Å². The predicted molar refractivity (Wildman–Crippen MR) is 85.2 cm³/mol. The van der Waals surface area contributed by atoms with Crippen LogP contribution in [0.25, 0.3) is 0 Å². The van der Waals surface area contributed by atoms with Gasteiger partial charge in [-0.15, -0.1) is 11.8 Å². The summed E-state index contributed by atoms with van der Waals surface area (Å²) >= 11 is 1.26. The molecule has 122 valence electrons. The smallest absolute Gasteiger partial charge is 0.303 e. The SMILES string of the molecule is O=C(CSCc1cccnc1)N(CC(F)(F)F)c1ccccc1. The quantitative estimate of drug-likeness (QED) is 0.799. The van der Waals surface area contributed by atoms with E-state index >= 15 is 0 Å². The number of rotatable bonds is 6. The topological polar surface area (TPSA) is 33.2 Å². The van der Waals surface area contributed by atoms with E-state index < -0.39 is 18.6 Å². The van der Waals surface area contributed by atoms with E-state index in [9.17, 15) is 18.0 Å². The lowest BCUT2D eigenvalue weighted by molar-refractivity contribution is -0.131. The normalized spacial score (nSPS) is 11.3. The average molecular weight is 340 g/mol. The van der Waals surface area contributed by atoms with Crippen LogP contribution in [0.15, 0.2) is 54.9 Å². The van der Waals surface area contributed by atoms with Gasteiger partial charge in [0, 0.05) is 23.8 Å². The molecule has 0 fully saturated rings. The van der Waals surface area contributed by atoms with Gasteiger partial charge in [0.15, 0.2) is 0 Å². The van der Waals surface area contributed by atoms with Crippen LogP contribution in [0.3, 0.4) is 0 Å². The molecule has 0 spiro atoms. The second kappa shape index (κ2) is 8.01. The zero-order valence-electron chi connectivity index (χ0n) is 12.2. The molecule has 1 amide bonds. The summed E-state index contributed by atoms with van der Waals surface area (Å²) in [7, 11) is 0. The standard InChI is InChI=1S/C16H15F3N2OS/c17-16(18,19)12-21(14-6-2-1-3-7-14)15(22)11-23-10-13-5-4-8-20-9-13/h1-9H,10-12H2. The molecule has 0 aliphatic heterocycles. The van der Waals surface area contributed by atoms with Gasteiger partial charge in [0.1, 0.15) is 6.54 Å². The highest BCUT2D eigenvalue weighted by molar-refractivity contribution is 7.99. The lowest BCUT2D eigenvalue weighted by atomic mass is 10.3. The molecular formula is C16H15F3N2OS. The van der Waals surface area contributed by atoms with Crippen molar-refractivity contribution in [3.05, 3.63) is 60.4 Å². The van der Waals surface area contributed by atoms with Crippen LogP contribution >= 0.6 is 11.8 Å². The minimum absolute atomic E-state index is 0.0279. The zero-order chi connectivity index (χ0) is 16.7. The molecule has 0 aliphatic carbocycles. The summed E-state index contributed by atoms with van der Waals surface area (Å²) < 4.78 is 38.2. The van der Waals surface area contributed by atoms with E-state index in [0.717, 1.165) is 10.5 Å². The molecule has 0 N–H and O–H groups in total. The lowest BCUT2D eigenvalue weighted by Gasteiger charge is -2.24. The fourth-order valence-electron chi connectivity index (χ4n) is 1.93. The fourth-order valence-corrected chi connectivity index (χ4v) is 2.77. The number of pyridine rings is 1. The molecule has 0 unspecified atom stereocenters. The lowest BCUT2D eigenvalue weighted by Crippen LogP contribution is -2.40. The number of benzene rings is 1. The van der Waals surface area contributed by atoms with Gasteiger partial charge in [-0.3, -0.25) is 9.78 Å². The maximum absolute atomic E-state index is 12.7. The minimum atomic E-state index is -4.44. The Labute approximate surface area is 136 Å². The van der Waals surface area contributed by atoms with Gasteiger partial charge in [0.25, 0.3) is 0 Å². The number of halogens is 3. The summed E-state index contributed by atoms with van der Waals surface area (Å²) in [5, 5.41) is 0. The van der Waals surface area contributed by atoms with Crippen LogP contribution in [0, 0.1) is 0 Å². The highest BCUT2D eigenvalue weighted by Gasteiger charge is 2.33. The van der Waals surface area contributed by atoms with Crippen molar-refractivity contribution in [2.45, 2.75) is 11.9 Å². The summed E-state index contributed by atoms with van der Waals surface area (Å²) in [6.07, 6.45) is -1.14. The first-order valence-electron chi connectivity index (χ1n) is 6.84. The third-order valence-electron chi connectivity index (χ3n) is 2.92. The Balaban J connectivity index is 1.99. The molecule has 0 aliphatic rings. The van der Waals surface area contributed by atoms with Crippen LogP contribution in [0.5, 0.6) is 0 Å². The largest absolute Gasteiger partial charge is 0.406 e. The molecule has 2 rings (SSSR count). The first-order valence-corrected chi connectivity index (χ1v) is 8.00. The highest BCUT2D eigenvalue weighted by atomic mass is 32.2. The van der Waals surface area contributed by atoms with Crippen molar-refractivity contribution in [1.82, 2.24) is 4.98 Å². The van der Waals surface area contributed by atoms with Gasteiger partial charge >= 0.3 is 6.18 Å². The van der Waals surface area contributed by atoms with Crippen molar-refractivity contribution < 1.29 is 18.0 Å². The van der Waals surface area contributed by atoms with E-state index in [4.69, 9.17) is 0 Å². The number of amides is 1. The Hall–Kier alpha value is -2.02. The van der Waals surface area contributed by atoms with Crippen LogP contribution in [-0.4, -0.2) is 29.4 Å². The van der Waals surface area contributed by atoms with Gasteiger partial charge in [-0.25, -0.2) is 0 Å². The Bertz CT molecular complexity index is 620. The summed E-state index contributed by atoms with van der Waals surface area (Å²) in [6.45, 7) is -1.29. The van der Waals surface area contributed by atoms with Gasteiger partial charge in [-0.1, -0.05) is 24.3 Å². The number of alkyl halides is 3. The van der Waals surface area contributed by atoms with Crippen LogP contribution in [0.4, 0.5) is 18.9 Å². The molecule has 0 bridgehead atoms. The van der Waals surface area contributed by atoms with Gasteiger partial charge in [0.05, 0.1) is 5.75 Å². The molecule has 0 radical (unpaired) electrons. The van der Waals surface area contributed by atoms with Crippen LogP contribution in [0.1, 0.15) is 5.56 Å². The van der Waals surface area contributed by atoms with E-state index in [0.29, 0.717) is 5.75 Å². The predicted octanol–water partition coefficient (Wildman–Crippen LogP) is 3.91. The van der Waals surface area contributed by atoms with E-state index in [1.165, 1.54) is 23.9 Å². The second-order valence-corrected chi connectivity index (χ2v) is 5.77. The number of carbonyl (C=O) groups is 1. The second-order valence-electron chi connectivity index (χ2n) is 4.78. The first kappa shape index (κ1) is 17.3. The summed E-state index contributed by atoms with van der Waals surface area (Å²) in [5.74, 6) is -0.0731. The molecule has 23 heavy (non-hydrogen) atoms. The molecule has 0 saturated carbocycles. The monoisotopic (exact) mass is 340 g/mol. The fraction of sp³-hybridized carbons (Fsp3) is 0.250. The van der Waals surface area contributed by atoms with Gasteiger partial charge in [0.2, 0.25) is 5.91 Å². The summed E-state index contributed by atoms with van der Waals surface area (Å²) in [4.78, 5) is 16.9. The number of aromatic nitrogens is 1. The van der Waals surface area contributed by atoms with Crippen molar-refractivity contribution in [1.29, 1.82) is 0 Å². The van der Waals surface area contributed by atoms with Crippen molar-refractivity contribution in [3.63, 3.8) is 0 Å². The van der Waals surface area contributed by atoms with Crippen molar-refractivity contribution in [2.24, 2.45) is 0 Å². The molecular weight excluding hydrogens is 325 g/mol. The minimum Gasteiger partial charge on any atom is -0.303 e. The molecule has 7 heteroatoms. The molecule has 0 saturated heterocycles. The molecule has 3 nitrogen and oxygen atoms in total. The van der Waals surface area contributed by atoms with Gasteiger partial charge < -0.3 is 4.90 Å². The van der Waals surface area contributed by atoms with Crippen LogP contribution < -0.4 is 4.90 Å². The third-order valence-corrected chi connectivity index (χ3v) is 3.91. The van der Waals surface area contributed by atoms with Crippen LogP contribution in [-0.2, 0) is 10.5 Å². The number of hydrogen-bond donors (Lipinski definition) is 0. The Morgan fingerprint density at radius 1 is 1.13 bits per heavy atom. The van der Waals surface area contributed by atoms with Crippen molar-refractivity contribution >= 4 is 23.4 Å². The van der Waals surface area contributed by atoms with Gasteiger partial charge in [-0.05, 0) is 23.8 Å². The average Bonchev–Trinajstić information content (AvgIpc) is 2.53. The molecule has 0 atom stereocenters. The molecule has 1 heterocycles. The first-order chi connectivity index (χ1) is 11.0. The Kier molecular flexibility index (Phi) is 6.04. The van der Waals surface area contributed by atoms with E-state index in [1.807, 2.05) is 6.07 Å². The maximum Gasteiger partial charge on any atom is 0.406 e. The van der Waals surface area contributed by atoms with Crippen molar-refractivity contribution in [2.75, 3.05) is 17.2 Å². The van der Waals surface area contributed by atoms with E-state index in [-0.39, 0.29) is 11.4 Å². The van der Waals surface area contributed by atoms with Gasteiger partial charge in [-0.2, -0.15) is 13.2 Å². The Morgan fingerprint density at radius 2 is 1.87 bits per heavy atom. The number of para-hydroxylation sites is 1. The van der Waals surface area contributed by atoms with Crippen molar-refractivity contribution in [3.8, 4) is 0 Å². The molecule has 2 aromatic rings. The summed E-state index contributed by atoms with van der Waals surface area (Å²) in [6, 6.07) is 11.5. The Morgan fingerprint density at radius 3 is 2.48 bits per heavy atom. The number of thioether (sulfide) groups is 1. The number of hydrogen-bond acceptors (Lipinski definition) is 3. The number of anilines is 1. The highest BCUT2D eigenvalue weighted by Crippen LogP contribution is 2.23. The summed E-state index contributed by atoms with van der Waals surface area (Å²) in [5.41, 5.74) is 1.17. The van der Waals surface area contributed by atoms with E-state index in [2.05, 4.69) is 4.98 Å². The number of carbonyl (C=O) groups excluding carboxylic acids is 1.